The maximum Gasteiger partial charge on any atom is 0.252 e. The van der Waals surface area contributed by atoms with Gasteiger partial charge in [-0.05, 0) is 62.0 Å². The molecule has 4 fully saturated rings. The van der Waals surface area contributed by atoms with E-state index in [0.29, 0.717) is 30.0 Å². The third-order valence-electron chi connectivity index (χ3n) is 7.83. The minimum atomic E-state index is -1.13. The average Bonchev–Trinajstić information content (AvgIpc) is 3.09. The molecule has 4 aliphatic carbocycles. The number of hydrogen-bond acceptors (Lipinski definition) is 5. The van der Waals surface area contributed by atoms with Crippen LogP contribution in [0.5, 0.6) is 0 Å². The van der Waals surface area contributed by atoms with E-state index in [9.17, 15) is 9.90 Å². The molecule has 2 aromatic rings. The van der Waals surface area contributed by atoms with Gasteiger partial charge in [0.2, 0.25) is 0 Å². The summed E-state index contributed by atoms with van der Waals surface area (Å²) in [5.74, 6) is 1.03. The molecule has 1 amide bonds. The summed E-state index contributed by atoms with van der Waals surface area (Å²) in [6.07, 6.45) is 8.54. The molecule has 7 nitrogen and oxygen atoms in total. The number of aromatic nitrogens is 2. The second kappa shape index (κ2) is 7.85. The van der Waals surface area contributed by atoms with E-state index in [2.05, 4.69) is 29.9 Å². The van der Waals surface area contributed by atoms with E-state index >= 15 is 0 Å². The van der Waals surface area contributed by atoms with Crippen molar-refractivity contribution < 1.29 is 14.6 Å². The van der Waals surface area contributed by atoms with Crippen molar-refractivity contribution in [2.75, 3.05) is 11.9 Å². The van der Waals surface area contributed by atoms with Crippen LogP contribution >= 0.6 is 0 Å². The summed E-state index contributed by atoms with van der Waals surface area (Å²) >= 11 is 0. The highest BCUT2D eigenvalue weighted by Crippen LogP contribution is 2.56. The van der Waals surface area contributed by atoms with Gasteiger partial charge < -0.3 is 25.5 Å². The molecule has 8 heteroatoms. The van der Waals surface area contributed by atoms with Gasteiger partial charge in [0.15, 0.2) is 0 Å². The molecule has 0 aliphatic heterocycles. The molecule has 4 N–H and O–H groups in total. The number of fused-ring (bicyclic) bond motifs is 1. The number of carbonyl (C=O) groups is 1. The molecule has 2 heterocycles. The molecule has 2 aromatic heterocycles. The minimum Gasteiger partial charge on any atom is -0.390 e. The lowest BCUT2D eigenvalue weighted by Gasteiger charge is -2.58. The summed E-state index contributed by atoms with van der Waals surface area (Å²) in [5.41, 5.74) is 7.27. The van der Waals surface area contributed by atoms with Crippen molar-refractivity contribution in [2.24, 2.45) is 23.5 Å². The summed E-state index contributed by atoms with van der Waals surface area (Å²) in [4.78, 5) is 16.8. The van der Waals surface area contributed by atoms with Crippen molar-refractivity contribution in [3.63, 3.8) is 0 Å². The maximum atomic E-state index is 12.3. The minimum absolute atomic E-state index is 0.256. The molecule has 0 unspecified atom stereocenters. The first kappa shape index (κ1) is 21.9. The predicted octanol–water partition coefficient (Wildman–Crippen LogP) is 3.80. The molecule has 0 aromatic carbocycles. The number of rotatable bonds is 8. The quantitative estimate of drug-likeness (QED) is 0.414. The molecule has 5 atom stereocenters. The molecule has 174 valence electrons. The van der Waals surface area contributed by atoms with E-state index in [-0.39, 0.29) is 6.04 Å². The number of hydrogen-bond donors (Lipinski definition) is 3. The fourth-order valence-electron chi connectivity index (χ4n) is 6.51. The monoisotopic (exact) mass is 456 g/mol. The largest absolute Gasteiger partial charge is 0.390 e. The smallest absolute Gasteiger partial charge is 0.252 e. The number of aliphatic hydroxyl groups is 1. The van der Waals surface area contributed by atoms with Crippen molar-refractivity contribution >= 4 is 30.7 Å². The fourth-order valence-corrected chi connectivity index (χ4v) is 7.27. The van der Waals surface area contributed by atoms with E-state index in [1.165, 1.54) is 0 Å². The fraction of sp³-hybridized carbons (Fsp3) is 0.667. The van der Waals surface area contributed by atoms with Gasteiger partial charge in [-0.15, -0.1) is 0 Å². The molecular formula is C24H36N4O3Si. The van der Waals surface area contributed by atoms with Crippen molar-refractivity contribution in [3.8, 4) is 0 Å². The summed E-state index contributed by atoms with van der Waals surface area (Å²) in [6, 6.07) is 3.38. The van der Waals surface area contributed by atoms with Gasteiger partial charge in [0.05, 0.1) is 16.9 Å². The average molecular weight is 457 g/mol. The molecule has 6 rings (SSSR count). The van der Waals surface area contributed by atoms with Crippen molar-refractivity contribution in [1.29, 1.82) is 0 Å². The number of pyridine rings is 1. The molecule has 32 heavy (non-hydrogen) atoms. The maximum absolute atomic E-state index is 12.3. The molecule has 4 bridgehead atoms. The van der Waals surface area contributed by atoms with Crippen LogP contribution in [0.4, 0.5) is 5.69 Å². The first-order valence-corrected chi connectivity index (χ1v) is 15.7. The summed E-state index contributed by atoms with van der Waals surface area (Å²) in [5, 5.41) is 15.6. The zero-order chi connectivity index (χ0) is 22.7. The van der Waals surface area contributed by atoms with Gasteiger partial charge >= 0.3 is 0 Å². The number of amides is 1. The van der Waals surface area contributed by atoms with Crippen molar-refractivity contribution in [1.82, 2.24) is 9.55 Å². The number of ether oxygens (including phenoxy) is 1. The lowest BCUT2D eigenvalue weighted by molar-refractivity contribution is -0.129. The lowest BCUT2D eigenvalue weighted by atomic mass is 9.52. The zero-order valence-electron chi connectivity index (χ0n) is 19.4. The molecule has 0 radical (unpaired) electrons. The lowest BCUT2D eigenvalue weighted by Crippen LogP contribution is -2.59. The van der Waals surface area contributed by atoms with Crippen LogP contribution in [-0.2, 0) is 11.5 Å². The van der Waals surface area contributed by atoms with Crippen LogP contribution in [0.3, 0.4) is 0 Å². The Kier molecular flexibility index (Phi) is 5.38. The number of carbonyl (C=O) groups excluding carboxylic acids is 1. The van der Waals surface area contributed by atoms with E-state index in [1.807, 2.05) is 16.8 Å². The standard InChI is InChI=1S/C24H36N4O3Si/c1-32(2,3)7-6-31-14-28-5-4-18-21(19(22(25)29)13-26-23(18)28)27-20-16-8-15-9-17(20)12-24(30,10-15)11-16/h4-5,13,15-17,20,30H,6-12,14H2,1-3H3,(H2,25,29)(H,26,27)/t15-,16+,17-,20-,24+. The Balaban J connectivity index is 1.40. The van der Waals surface area contributed by atoms with Gasteiger partial charge in [-0.25, -0.2) is 4.98 Å². The van der Waals surface area contributed by atoms with Gasteiger partial charge in [0.25, 0.3) is 5.91 Å². The SMILES string of the molecule is C[Si](C)(C)CCOCn1ccc2c(N[C@H]3[C@@H]4C[C@H]5C[C@H]3C[C@@](O)(C5)C4)c(C(N)=O)cnc21. The number of nitrogens with zero attached hydrogens (tertiary/aromatic N) is 2. The van der Waals surface area contributed by atoms with Crippen LogP contribution in [0.1, 0.15) is 42.5 Å². The molecule has 0 spiro atoms. The summed E-state index contributed by atoms with van der Waals surface area (Å²) in [6.45, 7) is 8.22. The van der Waals surface area contributed by atoms with Gasteiger partial charge in [-0.1, -0.05) is 19.6 Å². The number of anilines is 1. The molecular weight excluding hydrogens is 420 g/mol. The van der Waals surface area contributed by atoms with Crippen LogP contribution in [0.25, 0.3) is 11.0 Å². The molecule has 0 saturated heterocycles. The first-order chi connectivity index (χ1) is 15.1. The Morgan fingerprint density at radius 1 is 1.31 bits per heavy atom. The molecule has 4 saturated carbocycles. The highest BCUT2D eigenvalue weighted by Gasteiger charge is 2.54. The predicted molar refractivity (Wildman–Crippen MR) is 128 cm³/mol. The van der Waals surface area contributed by atoms with Gasteiger partial charge in [-0.3, -0.25) is 4.79 Å². The Hall–Kier alpha value is -1.90. The van der Waals surface area contributed by atoms with E-state index < -0.39 is 19.6 Å². The van der Waals surface area contributed by atoms with E-state index in [1.54, 1.807) is 6.20 Å². The number of nitrogens with two attached hydrogens (primary N) is 1. The van der Waals surface area contributed by atoms with Crippen LogP contribution in [0, 0.1) is 17.8 Å². The number of primary amides is 1. The van der Waals surface area contributed by atoms with Crippen molar-refractivity contribution in [2.45, 2.75) is 76.2 Å². The molecule has 4 aliphatic rings. The van der Waals surface area contributed by atoms with Gasteiger partial charge in [0.1, 0.15) is 12.4 Å². The Morgan fingerprint density at radius 2 is 2.03 bits per heavy atom. The number of nitrogens with one attached hydrogen (secondary N) is 1. The Morgan fingerprint density at radius 3 is 2.66 bits per heavy atom. The third kappa shape index (κ3) is 4.08. The van der Waals surface area contributed by atoms with Crippen molar-refractivity contribution in [3.05, 3.63) is 24.0 Å². The topological polar surface area (TPSA) is 102 Å². The zero-order valence-corrected chi connectivity index (χ0v) is 20.4. The second-order valence-electron chi connectivity index (χ2n) is 11.6. The van der Waals surface area contributed by atoms with Crippen LogP contribution in [0.2, 0.25) is 25.7 Å². The third-order valence-corrected chi connectivity index (χ3v) is 9.54. The van der Waals surface area contributed by atoms with E-state index in [4.69, 9.17) is 10.5 Å². The summed E-state index contributed by atoms with van der Waals surface area (Å²) < 4.78 is 7.93. The van der Waals surface area contributed by atoms with E-state index in [0.717, 1.165) is 61.5 Å². The Bertz CT molecular complexity index is 1010. The van der Waals surface area contributed by atoms with Crippen LogP contribution < -0.4 is 11.1 Å². The van der Waals surface area contributed by atoms with Crippen LogP contribution in [0.15, 0.2) is 18.5 Å². The first-order valence-electron chi connectivity index (χ1n) is 12.0. The summed E-state index contributed by atoms with van der Waals surface area (Å²) in [7, 11) is -1.13. The Labute approximate surface area is 190 Å². The highest BCUT2D eigenvalue weighted by atomic mass is 28.3. The second-order valence-corrected chi connectivity index (χ2v) is 17.3. The normalized spacial score (nSPS) is 31.4. The van der Waals surface area contributed by atoms with Gasteiger partial charge in [-0.2, -0.15) is 0 Å². The highest BCUT2D eigenvalue weighted by molar-refractivity contribution is 6.76. The van der Waals surface area contributed by atoms with Crippen LogP contribution in [-0.4, -0.2) is 46.9 Å². The van der Waals surface area contributed by atoms with Gasteiger partial charge in [0, 0.05) is 38.5 Å².